The Morgan fingerprint density at radius 3 is 2.67 bits per heavy atom. The number of aliphatic hydroxyl groups excluding tert-OH is 1. The number of halogens is 1. The molecule has 15 heavy (non-hydrogen) atoms. The average Bonchev–Trinajstić information content (AvgIpc) is 2.16. The van der Waals surface area contributed by atoms with Gasteiger partial charge in [-0.15, -0.1) is 0 Å². The standard InChI is InChI=1S/C10H16ClN3O/c1-3-4-14(5-6-15)9-7-8(2)12-10(11)13-9/h7,15H,3-6H2,1-2H3. The van der Waals surface area contributed by atoms with E-state index in [9.17, 15) is 0 Å². The maximum absolute atomic E-state index is 8.95. The van der Waals surface area contributed by atoms with Crippen molar-refractivity contribution in [3.63, 3.8) is 0 Å². The lowest BCUT2D eigenvalue weighted by atomic mass is 10.3. The zero-order chi connectivity index (χ0) is 11.3. The highest BCUT2D eigenvalue weighted by Gasteiger charge is 2.08. The molecule has 1 aromatic rings. The monoisotopic (exact) mass is 229 g/mol. The molecule has 0 fully saturated rings. The Hall–Kier alpha value is -0.870. The van der Waals surface area contributed by atoms with E-state index >= 15 is 0 Å². The van der Waals surface area contributed by atoms with Crippen LogP contribution in [0.25, 0.3) is 0 Å². The summed E-state index contributed by atoms with van der Waals surface area (Å²) in [6.45, 7) is 5.49. The predicted molar refractivity (Wildman–Crippen MR) is 61.4 cm³/mol. The molecule has 0 aliphatic rings. The van der Waals surface area contributed by atoms with Crippen LogP contribution < -0.4 is 4.90 Å². The van der Waals surface area contributed by atoms with Crippen molar-refractivity contribution in [2.75, 3.05) is 24.6 Å². The molecule has 4 nitrogen and oxygen atoms in total. The maximum atomic E-state index is 8.95. The van der Waals surface area contributed by atoms with Crippen molar-refractivity contribution >= 4 is 17.4 Å². The maximum Gasteiger partial charge on any atom is 0.224 e. The third kappa shape index (κ3) is 3.64. The minimum atomic E-state index is 0.112. The van der Waals surface area contributed by atoms with Gasteiger partial charge in [-0.05, 0) is 24.9 Å². The van der Waals surface area contributed by atoms with Gasteiger partial charge in [-0.1, -0.05) is 6.92 Å². The van der Waals surface area contributed by atoms with Gasteiger partial charge in [0.2, 0.25) is 5.28 Å². The number of nitrogens with zero attached hydrogens (tertiary/aromatic N) is 3. The molecule has 5 heteroatoms. The lowest BCUT2D eigenvalue weighted by Gasteiger charge is -2.22. The highest BCUT2D eigenvalue weighted by molar-refractivity contribution is 6.28. The largest absolute Gasteiger partial charge is 0.395 e. The van der Waals surface area contributed by atoms with Gasteiger partial charge in [0.05, 0.1) is 6.61 Å². The van der Waals surface area contributed by atoms with E-state index in [0.717, 1.165) is 24.5 Å². The van der Waals surface area contributed by atoms with Gasteiger partial charge in [0.25, 0.3) is 0 Å². The van der Waals surface area contributed by atoms with E-state index in [0.29, 0.717) is 6.54 Å². The Bertz CT molecular complexity index is 293. The molecule has 0 unspecified atom stereocenters. The fourth-order valence-electron chi connectivity index (χ4n) is 1.41. The van der Waals surface area contributed by atoms with Crippen LogP contribution in [0.5, 0.6) is 0 Å². The topological polar surface area (TPSA) is 49.2 Å². The molecule has 0 atom stereocenters. The first-order valence-corrected chi connectivity index (χ1v) is 5.42. The molecule has 1 N–H and O–H groups in total. The van der Waals surface area contributed by atoms with Crippen molar-refractivity contribution < 1.29 is 5.11 Å². The second-order valence-electron chi connectivity index (χ2n) is 3.35. The highest BCUT2D eigenvalue weighted by Crippen LogP contribution is 2.14. The van der Waals surface area contributed by atoms with Crippen LogP contribution in [0.2, 0.25) is 5.28 Å². The average molecular weight is 230 g/mol. The van der Waals surface area contributed by atoms with Crippen LogP contribution in [0.3, 0.4) is 0 Å². The summed E-state index contributed by atoms with van der Waals surface area (Å²) in [5.41, 5.74) is 0.837. The summed E-state index contributed by atoms with van der Waals surface area (Å²) in [4.78, 5) is 10.1. The van der Waals surface area contributed by atoms with Crippen LogP contribution >= 0.6 is 11.6 Å². The highest BCUT2D eigenvalue weighted by atomic mass is 35.5. The Kier molecular flexibility index (Phi) is 4.78. The molecule has 0 amide bonds. The summed E-state index contributed by atoms with van der Waals surface area (Å²) >= 11 is 5.78. The molecule has 1 heterocycles. The second-order valence-corrected chi connectivity index (χ2v) is 3.69. The molecular formula is C10H16ClN3O. The molecule has 0 radical (unpaired) electrons. The molecule has 1 aromatic heterocycles. The molecule has 0 spiro atoms. The normalized spacial score (nSPS) is 10.4. The van der Waals surface area contributed by atoms with E-state index in [2.05, 4.69) is 16.9 Å². The summed E-state index contributed by atoms with van der Waals surface area (Å²) in [5.74, 6) is 0.781. The van der Waals surface area contributed by atoms with Gasteiger partial charge in [-0.25, -0.2) is 9.97 Å². The SMILES string of the molecule is CCCN(CCO)c1cc(C)nc(Cl)n1. The number of aliphatic hydroxyl groups is 1. The van der Waals surface area contributed by atoms with E-state index in [1.807, 2.05) is 17.9 Å². The second kappa shape index (κ2) is 5.88. The Balaban J connectivity index is 2.88. The minimum absolute atomic E-state index is 0.112. The summed E-state index contributed by atoms with van der Waals surface area (Å²) < 4.78 is 0. The molecule has 1 rings (SSSR count). The summed E-state index contributed by atoms with van der Waals surface area (Å²) in [5, 5.41) is 9.20. The Morgan fingerprint density at radius 2 is 2.13 bits per heavy atom. The third-order valence-corrected chi connectivity index (χ3v) is 2.17. The van der Waals surface area contributed by atoms with Crippen LogP contribution in [0.1, 0.15) is 19.0 Å². The van der Waals surface area contributed by atoms with Crippen LogP contribution in [0.4, 0.5) is 5.82 Å². The zero-order valence-corrected chi connectivity index (χ0v) is 9.83. The minimum Gasteiger partial charge on any atom is -0.395 e. The van der Waals surface area contributed by atoms with Crippen molar-refractivity contribution in [2.24, 2.45) is 0 Å². The van der Waals surface area contributed by atoms with Gasteiger partial charge in [0.1, 0.15) is 5.82 Å². The first kappa shape index (κ1) is 12.2. The molecular weight excluding hydrogens is 214 g/mol. The van der Waals surface area contributed by atoms with E-state index in [1.165, 1.54) is 0 Å². The van der Waals surface area contributed by atoms with Crippen molar-refractivity contribution in [2.45, 2.75) is 20.3 Å². The van der Waals surface area contributed by atoms with Gasteiger partial charge in [0, 0.05) is 24.8 Å². The van der Waals surface area contributed by atoms with Gasteiger partial charge >= 0.3 is 0 Å². The Labute approximate surface area is 94.9 Å². The summed E-state index contributed by atoms with van der Waals surface area (Å²) in [6, 6.07) is 1.87. The van der Waals surface area contributed by atoms with Crippen LogP contribution in [0, 0.1) is 6.92 Å². The first-order chi connectivity index (χ1) is 7.17. The van der Waals surface area contributed by atoms with Gasteiger partial charge in [-0.2, -0.15) is 0 Å². The molecule has 0 aromatic carbocycles. The fraction of sp³-hybridized carbons (Fsp3) is 0.600. The van der Waals surface area contributed by atoms with Crippen molar-refractivity contribution in [3.8, 4) is 0 Å². The van der Waals surface area contributed by atoms with Crippen molar-refractivity contribution in [3.05, 3.63) is 17.0 Å². The molecule has 0 bridgehead atoms. The molecule has 0 aliphatic carbocycles. The van der Waals surface area contributed by atoms with Gasteiger partial charge in [0.15, 0.2) is 0 Å². The van der Waals surface area contributed by atoms with Crippen molar-refractivity contribution in [1.82, 2.24) is 9.97 Å². The number of aromatic nitrogens is 2. The number of aryl methyl sites for hydroxylation is 1. The number of anilines is 1. The van der Waals surface area contributed by atoms with Gasteiger partial charge in [-0.3, -0.25) is 0 Å². The lowest BCUT2D eigenvalue weighted by Crippen LogP contribution is -2.28. The zero-order valence-electron chi connectivity index (χ0n) is 9.07. The van der Waals surface area contributed by atoms with E-state index < -0.39 is 0 Å². The quantitative estimate of drug-likeness (QED) is 0.780. The fourth-order valence-corrected chi connectivity index (χ4v) is 1.63. The van der Waals surface area contributed by atoms with E-state index in [4.69, 9.17) is 16.7 Å². The summed E-state index contributed by atoms with van der Waals surface area (Å²) in [7, 11) is 0. The molecule has 0 saturated carbocycles. The summed E-state index contributed by atoms with van der Waals surface area (Å²) in [6.07, 6.45) is 1.00. The van der Waals surface area contributed by atoms with E-state index in [1.54, 1.807) is 0 Å². The van der Waals surface area contributed by atoms with Gasteiger partial charge < -0.3 is 10.0 Å². The predicted octanol–water partition coefficient (Wildman–Crippen LogP) is 1.65. The van der Waals surface area contributed by atoms with Crippen molar-refractivity contribution in [1.29, 1.82) is 0 Å². The number of rotatable bonds is 5. The molecule has 0 saturated heterocycles. The van der Waals surface area contributed by atoms with Crippen LogP contribution in [-0.2, 0) is 0 Å². The lowest BCUT2D eigenvalue weighted by molar-refractivity contribution is 0.301. The van der Waals surface area contributed by atoms with Crippen LogP contribution in [-0.4, -0.2) is 34.8 Å². The van der Waals surface area contributed by atoms with E-state index in [-0.39, 0.29) is 11.9 Å². The molecule has 0 aliphatic heterocycles. The first-order valence-electron chi connectivity index (χ1n) is 5.04. The van der Waals surface area contributed by atoms with Crippen LogP contribution in [0.15, 0.2) is 6.07 Å². The third-order valence-electron chi connectivity index (χ3n) is 2.00. The molecule has 84 valence electrons. The Morgan fingerprint density at radius 1 is 1.40 bits per heavy atom. The smallest absolute Gasteiger partial charge is 0.224 e. The number of hydrogen-bond donors (Lipinski definition) is 1. The number of hydrogen-bond acceptors (Lipinski definition) is 4.